The van der Waals surface area contributed by atoms with Gasteiger partial charge in [0, 0.05) is 10.9 Å². The summed E-state index contributed by atoms with van der Waals surface area (Å²) in [6, 6.07) is 13.6. The summed E-state index contributed by atoms with van der Waals surface area (Å²) in [4.78, 5) is 16.7. The van der Waals surface area contributed by atoms with Crippen LogP contribution in [0.5, 0.6) is 11.5 Å². The van der Waals surface area contributed by atoms with Crippen molar-refractivity contribution in [3.05, 3.63) is 57.9 Å². The van der Waals surface area contributed by atoms with Crippen LogP contribution in [0.1, 0.15) is 19.4 Å². The van der Waals surface area contributed by atoms with Gasteiger partial charge in [-0.25, -0.2) is 10.4 Å². The number of hydrogen-bond donors (Lipinski definition) is 1. The van der Waals surface area contributed by atoms with Crippen molar-refractivity contribution in [2.24, 2.45) is 5.10 Å². The highest BCUT2D eigenvalue weighted by Gasteiger charge is 2.11. The molecule has 3 aromatic rings. The quantitative estimate of drug-likeness (QED) is 0.214. The van der Waals surface area contributed by atoms with Gasteiger partial charge in [0.05, 0.1) is 35.3 Å². The molecule has 1 aromatic heterocycles. The van der Waals surface area contributed by atoms with E-state index in [-0.39, 0.29) is 11.7 Å². The lowest BCUT2D eigenvalue weighted by Gasteiger charge is -2.13. The molecule has 0 fully saturated rings. The summed E-state index contributed by atoms with van der Waals surface area (Å²) in [5.74, 6) is 1.31. The normalized spacial score (nSPS) is 10.9. The largest absolute Gasteiger partial charge is 0.490 e. The fraction of sp³-hybridized carbons (Fsp3) is 0.227. The number of hydrazone groups is 1. The van der Waals surface area contributed by atoms with Gasteiger partial charge in [-0.3, -0.25) is 4.79 Å². The zero-order valence-electron chi connectivity index (χ0n) is 17.1. The molecule has 0 spiro atoms. The molecule has 0 unspecified atom stereocenters. The van der Waals surface area contributed by atoms with Gasteiger partial charge in [0.25, 0.3) is 5.91 Å². The van der Waals surface area contributed by atoms with E-state index in [0.29, 0.717) is 24.7 Å². The maximum Gasteiger partial charge on any atom is 0.250 e. The molecule has 3 rings (SSSR count). The zero-order valence-corrected chi connectivity index (χ0v) is 20.4. The molecular formula is C22H22BrN3O3S2. The Morgan fingerprint density at radius 3 is 2.74 bits per heavy atom. The smallest absolute Gasteiger partial charge is 0.250 e. The Labute approximate surface area is 198 Å². The Hall–Kier alpha value is -2.36. The molecule has 0 atom stereocenters. The van der Waals surface area contributed by atoms with Crippen molar-refractivity contribution < 1.29 is 14.3 Å². The highest BCUT2D eigenvalue weighted by molar-refractivity contribution is 9.10. The van der Waals surface area contributed by atoms with Gasteiger partial charge < -0.3 is 9.47 Å². The molecule has 162 valence electrons. The van der Waals surface area contributed by atoms with Crippen molar-refractivity contribution in [2.45, 2.75) is 18.2 Å². The lowest BCUT2D eigenvalue weighted by molar-refractivity contribution is -0.118. The van der Waals surface area contributed by atoms with Crippen molar-refractivity contribution in [1.82, 2.24) is 10.4 Å². The van der Waals surface area contributed by atoms with E-state index in [1.54, 1.807) is 6.21 Å². The Morgan fingerprint density at radius 1 is 1.23 bits per heavy atom. The number of rotatable bonds is 10. The van der Waals surface area contributed by atoms with Crippen LogP contribution in [0, 0.1) is 0 Å². The monoisotopic (exact) mass is 519 g/mol. The van der Waals surface area contributed by atoms with Crippen LogP contribution < -0.4 is 14.9 Å². The summed E-state index contributed by atoms with van der Waals surface area (Å²) in [6.07, 6.45) is 1.57. The number of nitrogens with one attached hydrogen (secondary N) is 1. The van der Waals surface area contributed by atoms with Gasteiger partial charge in [-0.05, 0) is 47.5 Å². The van der Waals surface area contributed by atoms with Crippen LogP contribution in [-0.2, 0) is 4.79 Å². The Morgan fingerprint density at radius 2 is 2.00 bits per heavy atom. The maximum absolute atomic E-state index is 12.1. The predicted octanol–water partition coefficient (Wildman–Crippen LogP) is 5.61. The number of halogens is 1. The molecule has 1 amide bonds. The van der Waals surface area contributed by atoms with Crippen LogP contribution in [0.2, 0.25) is 0 Å². The topological polar surface area (TPSA) is 72.8 Å². The van der Waals surface area contributed by atoms with Crippen LogP contribution in [0.4, 0.5) is 0 Å². The summed E-state index contributed by atoms with van der Waals surface area (Å²) in [5.41, 5.74) is 5.30. The number of nitrogens with zero attached hydrogens (tertiary/aromatic N) is 2. The maximum atomic E-state index is 12.1. The van der Waals surface area contributed by atoms with Crippen LogP contribution in [0.3, 0.4) is 0 Å². The fourth-order valence-electron chi connectivity index (χ4n) is 2.61. The van der Waals surface area contributed by atoms with E-state index in [9.17, 15) is 4.79 Å². The molecule has 1 N–H and O–H groups in total. The van der Waals surface area contributed by atoms with E-state index in [4.69, 9.17) is 9.47 Å². The lowest BCUT2D eigenvalue weighted by atomic mass is 10.2. The van der Waals surface area contributed by atoms with E-state index in [0.717, 1.165) is 25.6 Å². The van der Waals surface area contributed by atoms with Crippen LogP contribution in [0.25, 0.3) is 11.3 Å². The van der Waals surface area contributed by atoms with Gasteiger partial charge >= 0.3 is 0 Å². The van der Waals surface area contributed by atoms with Gasteiger partial charge in [0.15, 0.2) is 15.8 Å². The Bertz CT molecular complexity index is 1040. The molecule has 0 bridgehead atoms. The van der Waals surface area contributed by atoms with Crippen molar-refractivity contribution >= 4 is 51.2 Å². The summed E-state index contributed by atoms with van der Waals surface area (Å²) in [6.45, 7) is 4.88. The highest BCUT2D eigenvalue weighted by atomic mass is 79.9. The van der Waals surface area contributed by atoms with Crippen molar-refractivity contribution in [3.8, 4) is 22.8 Å². The van der Waals surface area contributed by atoms with E-state index in [1.165, 1.54) is 23.1 Å². The molecule has 6 nitrogen and oxygen atoms in total. The first-order valence-electron chi connectivity index (χ1n) is 9.65. The molecule has 0 aliphatic heterocycles. The molecule has 0 aliphatic carbocycles. The molecule has 0 radical (unpaired) electrons. The van der Waals surface area contributed by atoms with Crippen LogP contribution in [0.15, 0.2) is 61.8 Å². The molecule has 2 aromatic carbocycles. The standard InChI is InChI=1S/C22H22BrN3O3S2/c1-3-28-19-11-15(10-17(23)21(19)29-4-2)12-24-26-20(27)14-31-22-25-18(13-30-22)16-8-6-5-7-9-16/h5-13H,3-4,14H2,1-2H3,(H,26,27)/b24-12+. The Balaban J connectivity index is 1.54. The highest BCUT2D eigenvalue weighted by Crippen LogP contribution is 2.36. The summed E-state index contributed by atoms with van der Waals surface area (Å²) in [5, 5.41) is 6.05. The van der Waals surface area contributed by atoms with Crippen molar-refractivity contribution in [1.29, 1.82) is 0 Å². The van der Waals surface area contributed by atoms with Gasteiger partial charge in [0.1, 0.15) is 0 Å². The minimum absolute atomic E-state index is 0.201. The number of thioether (sulfide) groups is 1. The first-order valence-corrected chi connectivity index (χ1v) is 12.3. The number of benzene rings is 2. The molecule has 0 saturated carbocycles. The average Bonchev–Trinajstić information content (AvgIpc) is 3.25. The van der Waals surface area contributed by atoms with Gasteiger partial charge in [-0.15, -0.1) is 11.3 Å². The second-order valence-electron chi connectivity index (χ2n) is 6.14. The number of aromatic nitrogens is 1. The minimum atomic E-state index is -0.201. The number of carbonyl (C=O) groups excluding carboxylic acids is 1. The zero-order chi connectivity index (χ0) is 22.1. The Kier molecular flexibility index (Phi) is 8.93. The lowest BCUT2D eigenvalue weighted by Crippen LogP contribution is -2.19. The number of thiazole rings is 1. The molecular weight excluding hydrogens is 498 g/mol. The number of amides is 1. The third kappa shape index (κ3) is 6.81. The van der Waals surface area contributed by atoms with Crippen molar-refractivity contribution in [2.75, 3.05) is 19.0 Å². The summed E-state index contributed by atoms with van der Waals surface area (Å²) >= 11 is 6.41. The van der Waals surface area contributed by atoms with Crippen LogP contribution in [-0.4, -0.2) is 36.1 Å². The van der Waals surface area contributed by atoms with E-state index < -0.39 is 0 Å². The van der Waals surface area contributed by atoms with E-state index in [2.05, 4.69) is 31.4 Å². The first-order chi connectivity index (χ1) is 15.1. The average molecular weight is 520 g/mol. The van der Waals surface area contributed by atoms with Gasteiger partial charge in [0.2, 0.25) is 0 Å². The third-order valence-corrected chi connectivity index (χ3v) is 6.51. The van der Waals surface area contributed by atoms with Crippen molar-refractivity contribution in [3.63, 3.8) is 0 Å². The predicted molar refractivity (Wildman–Crippen MR) is 130 cm³/mol. The SMILES string of the molecule is CCOc1cc(/C=N/NC(=O)CSc2nc(-c3ccccc3)cs2)cc(Br)c1OCC. The molecule has 0 saturated heterocycles. The number of ether oxygens (including phenoxy) is 2. The second kappa shape index (κ2) is 11.9. The fourth-order valence-corrected chi connectivity index (χ4v) is 4.82. The van der Waals surface area contributed by atoms with E-state index >= 15 is 0 Å². The summed E-state index contributed by atoms with van der Waals surface area (Å²) in [7, 11) is 0. The van der Waals surface area contributed by atoms with Gasteiger partial charge in [-0.2, -0.15) is 5.10 Å². The molecule has 0 aliphatic rings. The number of hydrogen-bond acceptors (Lipinski definition) is 7. The second-order valence-corrected chi connectivity index (χ2v) is 9.08. The first kappa shape index (κ1) is 23.3. The molecule has 31 heavy (non-hydrogen) atoms. The third-order valence-electron chi connectivity index (χ3n) is 3.90. The minimum Gasteiger partial charge on any atom is -0.490 e. The molecule has 9 heteroatoms. The molecule has 1 heterocycles. The van der Waals surface area contributed by atoms with Gasteiger partial charge in [-0.1, -0.05) is 42.1 Å². The summed E-state index contributed by atoms with van der Waals surface area (Å²) < 4.78 is 12.9. The van der Waals surface area contributed by atoms with E-state index in [1.807, 2.05) is 61.7 Å². The van der Waals surface area contributed by atoms with Crippen LogP contribution >= 0.6 is 39.0 Å². The number of carbonyl (C=O) groups is 1.